The molecule has 0 saturated carbocycles. The van der Waals surface area contributed by atoms with Crippen LogP contribution in [0.2, 0.25) is 0 Å². The monoisotopic (exact) mass is 406 g/mol. The lowest BCUT2D eigenvalue weighted by atomic mass is 10.0. The van der Waals surface area contributed by atoms with Gasteiger partial charge in [0.15, 0.2) is 0 Å². The van der Waals surface area contributed by atoms with E-state index in [4.69, 9.17) is 9.15 Å². The molecule has 3 aromatic rings. The van der Waals surface area contributed by atoms with E-state index in [-0.39, 0.29) is 5.56 Å². The lowest BCUT2D eigenvalue weighted by Gasteiger charge is -2.13. The first-order chi connectivity index (χ1) is 14.5. The number of ether oxygens (including phenoxy) is 1. The number of aryl methyl sites for hydroxylation is 2. The molecule has 2 aromatic heterocycles. The first-order valence-electron chi connectivity index (χ1n) is 10.4. The summed E-state index contributed by atoms with van der Waals surface area (Å²) in [5.74, 6) is 1.40. The lowest BCUT2D eigenvalue weighted by molar-refractivity contribution is 0.411. The van der Waals surface area contributed by atoms with Crippen molar-refractivity contribution in [3.8, 4) is 17.1 Å². The van der Waals surface area contributed by atoms with Gasteiger partial charge in [-0.05, 0) is 68.3 Å². The minimum Gasteiger partial charge on any atom is -0.496 e. The van der Waals surface area contributed by atoms with E-state index in [1.54, 1.807) is 13.4 Å². The molecule has 0 saturated heterocycles. The number of dihydropyridines is 1. The van der Waals surface area contributed by atoms with Gasteiger partial charge in [-0.15, -0.1) is 0 Å². The maximum absolute atomic E-state index is 12.8. The zero-order valence-electron chi connectivity index (χ0n) is 18.4. The third kappa shape index (κ3) is 4.51. The molecule has 0 unspecified atom stereocenters. The molecule has 0 fully saturated rings. The molecule has 0 atom stereocenters. The number of nitrogens with one attached hydrogen (secondary N) is 2. The van der Waals surface area contributed by atoms with Gasteiger partial charge in [0.1, 0.15) is 11.5 Å². The second-order valence-electron chi connectivity index (χ2n) is 7.28. The van der Waals surface area contributed by atoms with E-state index in [1.165, 1.54) is 11.1 Å². The van der Waals surface area contributed by atoms with Crippen LogP contribution in [0.3, 0.4) is 0 Å². The smallest absolute Gasteiger partial charge is 0.259 e. The number of furan rings is 1. The highest BCUT2D eigenvalue weighted by molar-refractivity contribution is 5.93. The summed E-state index contributed by atoms with van der Waals surface area (Å²) in [6.45, 7) is 8.91. The number of hydrogen-bond donors (Lipinski definition) is 2. The number of fused-ring (bicyclic) bond motifs is 1. The van der Waals surface area contributed by atoms with Gasteiger partial charge in [0, 0.05) is 23.2 Å². The zero-order chi connectivity index (χ0) is 21.7. The summed E-state index contributed by atoms with van der Waals surface area (Å²) in [5.41, 5.74) is 5.23. The number of benzene rings is 1. The summed E-state index contributed by atoms with van der Waals surface area (Å²) < 4.78 is 11.1. The fourth-order valence-corrected chi connectivity index (χ4v) is 3.72. The average Bonchev–Trinajstić information content (AvgIpc) is 3.18. The fourth-order valence-electron chi connectivity index (χ4n) is 3.72. The van der Waals surface area contributed by atoms with Crippen molar-refractivity contribution >= 4 is 10.8 Å². The number of hydrogen-bond acceptors (Lipinski definition) is 4. The molecule has 5 heteroatoms. The van der Waals surface area contributed by atoms with Crippen molar-refractivity contribution in [3.05, 3.63) is 75.6 Å². The standard InChI is InChI=1S/C23H24N2O3.C2H6/c1-14-8-16(12-24-11-14)4-6-19-10-18-13-28-22(21(18)23(26)25-19)17-5-7-20(27-3)15(2)9-17;1-2/h5,7-11,13,24H,4,6,12H2,1-3H3,(H,25,26);1-2H3. The molecule has 2 N–H and O–H groups in total. The Morgan fingerprint density at radius 3 is 2.63 bits per heavy atom. The van der Waals surface area contributed by atoms with E-state index >= 15 is 0 Å². The van der Waals surface area contributed by atoms with Gasteiger partial charge >= 0.3 is 0 Å². The molecule has 4 rings (SSSR count). The molecule has 158 valence electrons. The van der Waals surface area contributed by atoms with E-state index in [2.05, 4.69) is 23.3 Å². The Hall–Kier alpha value is -3.21. The van der Waals surface area contributed by atoms with Crippen LogP contribution in [0.25, 0.3) is 22.1 Å². The van der Waals surface area contributed by atoms with Crippen molar-refractivity contribution in [2.45, 2.75) is 40.5 Å². The van der Waals surface area contributed by atoms with Gasteiger partial charge in [-0.3, -0.25) is 4.79 Å². The van der Waals surface area contributed by atoms with Crippen molar-refractivity contribution in [1.82, 2.24) is 10.3 Å². The summed E-state index contributed by atoms with van der Waals surface area (Å²) >= 11 is 0. The molecule has 0 amide bonds. The Balaban J connectivity index is 0.00000124. The topological polar surface area (TPSA) is 67.3 Å². The number of allylic oxidation sites excluding steroid dienone is 2. The van der Waals surface area contributed by atoms with Crippen LogP contribution in [0.1, 0.15) is 38.4 Å². The van der Waals surface area contributed by atoms with Crippen molar-refractivity contribution in [1.29, 1.82) is 0 Å². The summed E-state index contributed by atoms with van der Waals surface area (Å²) in [5, 5.41) is 4.69. The largest absolute Gasteiger partial charge is 0.496 e. The lowest BCUT2D eigenvalue weighted by Crippen LogP contribution is -2.15. The summed E-state index contributed by atoms with van der Waals surface area (Å²) in [6.07, 6.45) is 7.58. The molecule has 0 aliphatic carbocycles. The maximum Gasteiger partial charge on any atom is 0.259 e. The minimum absolute atomic E-state index is 0.114. The Morgan fingerprint density at radius 1 is 1.13 bits per heavy atom. The van der Waals surface area contributed by atoms with Gasteiger partial charge < -0.3 is 19.5 Å². The first-order valence-corrected chi connectivity index (χ1v) is 10.4. The van der Waals surface area contributed by atoms with Crippen LogP contribution in [0.4, 0.5) is 0 Å². The van der Waals surface area contributed by atoms with Crippen LogP contribution < -0.4 is 15.6 Å². The molecule has 1 aliphatic heterocycles. The van der Waals surface area contributed by atoms with Gasteiger partial charge in [0.25, 0.3) is 5.56 Å². The number of aromatic nitrogens is 1. The third-order valence-electron chi connectivity index (χ3n) is 5.11. The molecule has 1 aromatic carbocycles. The normalized spacial score (nSPS) is 13.1. The maximum atomic E-state index is 12.8. The Kier molecular flexibility index (Phi) is 6.83. The van der Waals surface area contributed by atoms with Crippen molar-refractivity contribution in [2.75, 3.05) is 13.7 Å². The molecular weight excluding hydrogens is 376 g/mol. The molecule has 0 radical (unpaired) electrons. The Bertz CT molecular complexity index is 1150. The van der Waals surface area contributed by atoms with Crippen LogP contribution in [0.5, 0.6) is 5.75 Å². The minimum atomic E-state index is -0.114. The van der Waals surface area contributed by atoms with Gasteiger partial charge in [-0.25, -0.2) is 0 Å². The van der Waals surface area contributed by atoms with Crippen LogP contribution in [-0.2, 0) is 6.42 Å². The Labute approximate surface area is 177 Å². The number of H-pyrrole nitrogens is 1. The molecule has 1 aliphatic rings. The van der Waals surface area contributed by atoms with Gasteiger partial charge in [0.05, 0.1) is 18.8 Å². The Morgan fingerprint density at radius 2 is 1.93 bits per heavy atom. The van der Waals surface area contributed by atoms with Crippen molar-refractivity contribution in [3.63, 3.8) is 0 Å². The summed E-state index contributed by atoms with van der Waals surface area (Å²) in [7, 11) is 1.65. The van der Waals surface area contributed by atoms with Gasteiger partial charge in [-0.1, -0.05) is 25.5 Å². The quantitative estimate of drug-likeness (QED) is 0.587. The van der Waals surface area contributed by atoms with Crippen LogP contribution >= 0.6 is 0 Å². The van der Waals surface area contributed by atoms with E-state index in [1.807, 2.05) is 51.2 Å². The molecule has 5 nitrogen and oxygen atoms in total. The first kappa shape index (κ1) is 21.5. The SMILES string of the molecule is CC.COc1ccc(-c2occ3cc(CCC4=CC(C)=CNC4)[nH]c(=O)c23)cc1C. The summed E-state index contributed by atoms with van der Waals surface area (Å²) in [4.78, 5) is 15.8. The van der Waals surface area contributed by atoms with Crippen molar-refractivity contribution < 1.29 is 9.15 Å². The third-order valence-corrected chi connectivity index (χ3v) is 5.11. The van der Waals surface area contributed by atoms with Gasteiger partial charge in [0.2, 0.25) is 0 Å². The van der Waals surface area contributed by atoms with E-state index in [0.29, 0.717) is 11.1 Å². The second kappa shape index (κ2) is 9.53. The molecule has 0 spiro atoms. The van der Waals surface area contributed by atoms with Crippen LogP contribution in [0, 0.1) is 6.92 Å². The molecule has 3 heterocycles. The fraction of sp³-hybridized carbons (Fsp3) is 0.320. The highest BCUT2D eigenvalue weighted by Crippen LogP contribution is 2.31. The highest BCUT2D eigenvalue weighted by atomic mass is 16.5. The van der Waals surface area contributed by atoms with E-state index in [0.717, 1.165) is 47.3 Å². The number of aromatic amines is 1. The number of rotatable bonds is 5. The predicted molar refractivity (Wildman–Crippen MR) is 123 cm³/mol. The van der Waals surface area contributed by atoms with Gasteiger partial charge in [-0.2, -0.15) is 0 Å². The van der Waals surface area contributed by atoms with E-state index < -0.39 is 0 Å². The predicted octanol–water partition coefficient (Wildman–Crippen LogP) is 5.50. The second-order valence-corrected chi connectivity index (χ2v) is 7.28. The van der Waals surface area contributed by atoms with Crippen molar-refractivity contribution in [2.24, 2.45) is 0 Å². The molecule has 30 heavy (non-hydrogen) atoms. The van der Waals surface area contributed by atoms with Crippen LogP contribution in [-0.4, -0.2) is 18.6 Å². The highest BCUT2D eigenvalue weighted by Gasteiger charge is 2.15. The zero-order valence-corrected chi connectivity index (χ0v) is 18.4. The number of methoxy groups -OCH3 is 1. The van der Waals surface area contributed by atoms with E-state index in [9.17, 15) is 4.79 Å². The summed E-state index contributed by atoms with van der Waals surface area (Å²) in [6, 6.07) is 7.79. The number of pyridine rings is 1. The van der Waals surface area contributed by atoms with Crippen LogP contribution in [0.15, 0.2) is 63.2 Å². The molecular formula is C25H30N2O3. The molecule has 0 bridgehead atoms. The average molecular weight is 407 g/mol.